The Morgan fingerprint density at radius 1 is 1.64 bits per heavy atom. The number of nitrogens with one attached hydrogen (secondary N) is 2. The van der Waals surface area contributed by atoms with E-state index in [0.717, 1.165) is 19.5 Å². The minimum absolute atomic E-state index is 1.06. The Bertz CT molecular complexity index is 169. The number of aromatic nitrogens is 2. The van der Waals surface area contributed by atoms with Crippen LogP contribution in [0.25, 0.3) is 0 Å². The average molecular weight is 153 g/mol. The molecule has 0 unspecified atom stereocenters. The standard InChI is InChI=1S/C8H15N3/c1-2-9-5-3-4-8-6-10-7-11-8/h6-7,9H,2-5H2,1H3,(H,10,11). The molecule has 2 N–H and O–H groups in total. The van der Waals surface area contributed by atoms with Gasteiger partial charge >= 0.3 is 0 Å². The Hall–Kier alpha value is -0.830. The monoisotopic (exact) mass is 153 g/mol. The summed E-state index contributed by atoms with van der Waals surface area (Å²) in [6.07, 6.45) is 5.87. The molecular weight excluding hydrogens is 138 g/mol. The summed E-state index contributed by atoms with van der Waals surface area (Å²) in [5, 5.41) is 3.28. The van der Waals surface area contributed by atoms with Gasteiger partial charge in [-0.25, -0.2) is 4.98 Å². The highest BCUT2D eigenvalue weighted by Gasteiger charge is 1.91. The Morgan fingerprint density at radius 2 is 2.55 bits per heavy atom. The molecule has 62 valence electrons. The third-order valence-corrected chi connectivity index (χ3v) is 1.60. The molecule has 0 saturated heterocycles. The first kappa shape index (κ1) is 8.27. The second-order valence-electron chi connectivity index (χ2n) is 2.53. The predicted octanol–water partition coefficient (Wildman–Crippen LogP) is 0.952. The number of rotatable bonds is 5. The van der Waals surface area contributed by atoms with Crippen LogP contribution in [0, 0.1) is 0 Å². The van der Waals surface area contributed by atoms with Gasteiger partial charge in [-0.2, -0.15) is 0 Å². The number of H-pyrrole nitrogens is 1. The van der Waals surface area contributed by atoms with Gasteiger partial charge < -0.3 is 10.3 Å². The number of hydrogen-bond acceptors (Lipinski definition) is 2. The van der Waals surface area contributed by atoms with E-state index >= 15 is 0 Å². The number of nitrogens with zero attached hydrogens (tertiary/aromatic N) is 1. The minimum atomic E-state index is 1.06. The molecule has 1 aromatic rings. The van der Waals surface area contributed by atoms with Crippen molar-refractivity contribution in [1.29, 1.82) is 0 Å². The molecular formula is C8H15N3. The zero-order valence-corrected chi connectivity index (χ0v) is 6.93. The van der Waals surface area contributed by atoms with Gasteiger partial charge in [0.15, 0.2) is 0 Å². The van der Waals surface area contributed by atoms with E-state index in [2.05, 4.69) is 22.2 Å². The molecule has 0 bridgehead atoms. The van der Waals surface area contributed by atoms with Crippen LogP contribution in [0.2, 0.25) is 0 Å². The predicted molar refractivity (Wildman–Crippen MR) is 45.5 cm³/mol. The maximum Gasteiger partial charge on any atom is 0.0921 e. The molecule has 0 spiro atoms. The lowest BCUT2D eigenvalue weighted by atomic mass is 10.2. The fourth-order valence-electron chi connectivity index (χ4n) is 1.00. The second kappa shape index (κ2) is 4.91. The molecule has 0 aliphatic heterocycles. The fourth-order valence-corrected chi connectivity index (χ4v) is 1.00. The highest BCUT2D eigenvalue weighted by atomic mass is 14.9. The fraction of sp³-hybridized carbons (Fsp3) is 0.625. The lowest BCUT2D eigenvalue weighted by Crippen LogP contribution is -2.14. The summed E-state index contributed by atoms with van der Waals surface area (Å²) >= 11 is 0. The molecule has 0 amide bonds. The van der Waals surface area contributed by atoms with Gasteiger partial charge in [0.25, 0.3) is 0 Å². The van der Waals surface area contributed by atoms with Crippen LogP contribution in [-0.4, -0.2) is 23.1 Å². The highest BCUT2D eigenvalue weighted by Crippen LogP contribution is 1.94. The van der Waals surface area contributed by atoms with Crippen molar-refractivity contribution in [2.75, 3.05) is 13.1 Å². The largest absolute Gasteiger partial charge is 0.348 e. The van der Waals surface area contributed by atoms with Gasteiger partial charge in [0.2, 0.25) is 0 Å². The van der Waals surface area contributed by atoms with Crippen molar-refractivity contribution >= 4 is 0 Å². The normalized spacial score (nSPS) is 10.3. The van der Waals surface area contributed by atoms with Crippen molar-refractivity contribution in [1.82, 2.24) is 15.3 Å². The lowest BCUT2D eigenvalue weighted by molar-refractivity contribution is 0.668. The molecule has 3 heteroatoms. The van der Waals surface area contributed by atoms with Crippen LogP contribution < -0.4 is 5.32 Å². The van der Waals surface area contributed by atoms with Gasteiger partial charge in [0.05, 0.1) is 6.33 Å². The van der Waals surface area contributed by atoms with Gasteiger partial charge in [-0.15, -0.1) is 0 Å². The van der Waals surface area contributed by atoms with Gasteiger partial charge in [-0.05, 0) is 25.9 Å². The number of aryl methyl sites for hydroxylation is 1. The molecule has 0 saturated carbocycles. The highest BCUT2D eigenvalue weighted by molar-refractivity contribution is 4.93. The van der Waals surface area contributed by atoms with E-state index in [9.17, 15) is 0 Å². The second-order valence-corrected chi connectivity index (χ2v) is 2.53. The van der Waals surface area contributed by atoms with Gasteiger partial charge in [0.1, 0.15) is 0 Å². The maximum atomic E-state index is 3.95. The van der Waals surface area contributed by atoms with Crippen LogP contribution in [0.5, 0.6) is 0 Å². The first-order valence-corrected chi connectivity index (χ1v) is 4.11. The third-order valence-electron chi connectivity index (χ3n) is 1.60. The van der Waals surface area contributed by atoms with Crippen LogP contribution in [0.1, 0.15) is 19.0 Å². The molecule has 1 heterocycles. The van der Waals surface area contributed by atoms with E-state index in [1.165, 1.54) is 12.1 Å². The van der Waals surface area contributed by atoms with Crippen molar-refractivity contribution in [2.24, 2.45) is 0 Å². The summed E-state index contributed by atoms with van der Waals surface area (Å²) in [5.41, 5.74) is 1.22. The molecule has 0 aromatic carbocycles. The quantitative estimate of drug-likeness (QED) is 0.618. The zero-order chi connectivity index (χ0) is 7.94. The maximum absolute atomic E-state index is 3.95. The zero-order valence-electron chi connectivity index (χ0n) is 6.93. The molecule has 0 atom stereocenters. The summed E-state index contributed by atoms with van der Waals surface area (Å²) in [5.74, 6) is 0. The van der Waals surface area contributed by atoms with E-state index < -0.39 is 0 Å². The van der Waals surface area contributed by atoms with Crippen molar-refractivity contribution in [2.45, 2.75) is 19.8 Å². The van der Waals surface area contributed by atoms with E-state index in [4.69, 9.17) is 0 Å². The first-order chi connectivity index (χ1) is 5.43. The molecule has 0 radical (unpaired) electrons. The van der Waals surface area contributed by atoms with Crippen molar-refractivity contribution in [3.63, 3.8) is 0 Å². The number of aromatic amines is 1. The summed E-state index contributed by atoms with van der Waals surface area (Å²) < 4.78 is 0. The lowest BCUT2D eigenvalue weighted by Gasteiger charge is -1.98. The van der Waals surface area contributed by atoms with Gasteiger partial charge in [-0.1, -0.05) is 6.92 Å². The summed E-state index contributed by atoms with van der Waals surface area (Å²) in [6, 6.07) is 0. The third kappa shape index (κ3) is 3.18. The summed E-state index contributed by atoms with van der Waals surface area (Å²) in [4.78, 5) is 7.02. The van der Waals surface area contributed by atoms with Crippen molar-refractivity contribution < 1.29 is 0 Å². The Morgan fingerprint density at radius 3 is 3.18 bits per heavy atom. The first-order valence-electron chi connectivity index (χ1n) is 4.11. The van der Waals surface area contributed by atoms with Crippen LogP contribution in [0.4, 0.5) is 0 Å². The van der Waals surface area contributed by atoms with E-state index in [0.29, 0.717) is 0 Å². The van der Waals surface area contributed by atoms with Crippen LogP contribution >= 0.6 is 0 Å². The van der Waals surface area contributed by atoms with Gasteiger partial charge in [0, 0.05) is 11.9 Å². The molecule has 1 aromatic heterocycles. The van der Waals surface area contributed by atoms with Crippen molar-refractivity contribution in [3.05, 3.63) is 18.2 Å². The van der Waals surface area contributed by atoms with Crippen molar-refractivity contribution in [3.8, 4) is 0 Å². The minimum Gasteiger partial charge on any atom is -0.348 e. The Labute approximate surface area is 67.2 Å². The van der Waals surface area contributed by atoms with Gasteiger partial charge in [-0.3, -0.25) is 0 Å². The van der Waals surface area contributed by atoms with Crippen LogP contribution in [0.3, 0.4) is 0 Å². The summed E-state index contributed by atoms with van der Waals surface area (Å²) in [7, 11) is 0. The molecule has 0 aliphatic carbocycles. The van der Waals surface area contributed by atoms with E-state index in [1.54, 1.807) is 6.33 Å². The van der Waals surface area contributed by atoms with Crippen LogP contribution in [0.15, 0.2) is 12.5 Å². The number of hydrogen-bond donors (Lipinski definition) is 2. The SMILES string of the molecule is CCNCCCc1cnc[nH]1. The topological polar surface area (TPSA) is 40.7 Å². The molecule has 11 heavy (non-hydrogen) atoms. The molecule has 0 aliphatic rings. The molecule has 3 nitrogen and oxygen atoms in total. The molecule has 1 rings (SSSR count). The molecule has 0 fully saturated rings. The van der Waals surface area contributed by atoms with E-state index in [1.807, 2.05) is 6.20 Å². The smallest absolute Gasteiger partial charge is 0.0921 e. The average Bonchev–Trinajstić information content (AvgIpc) is 2.50. The Balaban J connectivity index is 2.04. The number of imidazole rings is 1. The van der Waals surface area contributed by atoms with E-state index in [-0.39, 0.29) is 0 Å². The Kier molecular flexibility index (Phi) is 3.69. The summed E-state index contributed by atoms with van der Waals surface area (Å²) in [6.45, 7) is 4.27. The van der Waals surface area contributed by atoms with Crippen LogP contribution in [-0.2, 0) is 6.42 Å².